The minimum Gasteiger partial charge on any atom is -0.300 e. The molecule has 2 saturated carbocycles. The van der Waals surface area contributed by atoms with Gasteiger partial charge in [0.2, 0.25) is 0 Å². The number of piperidine rings is 1. The second-order valence-electron chi connectivity index (χ2n) is 7.25. The zero-order chi connectivity index (χ0) is 14.0. The minimum atomic E-state index is -0.217. The van der Waals surface area contributed by atoms with Gasteiger partial charge in [-0.25, -0.2) is 0 Å². The minimum absolute atomic E-state index is 0.217. The molecule has 0 amide bonds. The molecule has 2 aliphatic carbocycles. The molecule has 2 unspecified atom stereocenters. The zero-order valence-electron chi connectivity index (χ0n) is 12.9. The summed E-state index contributed by atoms with van der Waals surface area (Å²) in [6.45, 7) is 4.84. The Morgan fingerprint density at radius 1 is 1.20 bits per heavy atom. The summed E-state index contributed by atoms with van der Waals surface area (Å²) in [4.78, 5) is 2.69. The van der Waals surface area contributed by atoms with Gasteiger partial charge in [0.25, 0.3) is 0 Å². The standard InChI is InChI=1S/C17H29N3/c1-2-14-7-10-20(11-8-14)16-4-3-9-17(12-16,13-18)19-15-5-6-15/h14-16,19H,2-12H2,1H3. The fourth-order valence-electron chi connectivity index (χ4n) is 4.17. The normalized spacial score (nSPS) is 36.7. The molecule has 3 fully saturated rings. The molecular weight excluding hydrogens is 246 g/mol. The van der Waals surface area contributed by atoms with E-state index in [2.05, 4.69) is 23.2 Å². The van der Waals surface area contributed by atoms with Crippen LogP contribution >= 0.6 is 0 Å². The van der Waals surface area contributed by atoms with Crippen LogP contribution in [0.15, 0.2) is 0 Å². The van der Waals surface area contributed by atoms with Crippen LogP contribution in [-0.4, -0.2) is 35.6 Å². The van der Waals surface area contributed by atoms with E-state index in [4.69, 9.17) is 0 Å². The molecule has 0 aromatic heterocycles. The van der Waals surface area contributed by atoms with Gasteiger partial charge in [-0.3, -0.25) is 5.32 Å². The Morgan fingerprint density at radius 3 is 2.55 bits per heavy atom. The van der Waals surface area contributed by atoms with Gasteiger partial charge in [0.15, 0.2) is 0 Å². The number of hydrogen-bond acceptors (Lipinski definition) is 3. The lowest BCUT2D eigenvalue weighted by Gasteiger charge is -2.44. The molecule has 0 spiro atoms. The van der Waals surface area contributed by atoms with Crippen LogP contribution in [-0.2, 0) is 0 Å². The SMILES string of the molecule is CCC1CCN(C2CCCC(C#N)(NC3CC3)C2)CC1. The number of nitriles is 1. The molecule has 3 nitrogen and oxygen atoms in total. The molecule has 1 heterocycles. The Kier molecular flexibility index (Phi) is 4.33. The molecule has 3 rings (SSSR count). The molecule has 0 bridgehead atoms. The smallest absolute Gasteiger partial charge is 0.108 e. The predicted octanol–water partition coefficient (Wildman–Crippen LogP) is 3.07. The largest absolute Gasteiger partial charge is 0.300 e. The summed E-state index contributed by atoms with van der Waals surface area (Å²) in [5.74, 6) is 0.945. The number of nitrogens with one attached hydrogen (secondary N) is 1. The second-order valence-corrected chi connectivity index (χ2v) is 7.25. The summed E-state index contributed by atoms with van der Waals surface area (Å²) in [6.07, 6.45) is 11.2. The molecule has 112 valence electrons. The Hall–Kier alpha value is -0.590. The van der Waals surface area contributed by atoms with E-state index in [1.165, 1.54) is 58.0 Å². The van der Waals surface area contributed by atoms with Crippen LogP contribution in [0, 0.1) is 17.2 Å². The highest BCUT2D eigenvalue weighted by molar-refractivity contribution is 5.13. The van der Waals surface area contributed by atoms with Crippen molar-refractivity contribution >= 4 is 0 Å². The van der Waals surface area contributed by atoms with Crippen LogP contribution in [0.2, 0.25) is 0 Å². The highest BCUT2D eigenvalue weighted by Gasteiger charge is 2.42. The Bertz CT molecular complexity index is 363. The van der Waals surface area contributed by atoms with Crippen molar-refractivity contribution < 1.29 is 0 Å². The Labute approximate surface area is 123 Å². The van der Waals surface area contributed by atoms with Gasteiger partial charge in [-0.15, -0.1) is 0 Å². The Balaban J connectivity index is 1.58. The third kappa shape index (κ3) is 3.18. The van der Waals surface area contributed by atoms with Gasteiger partial charge in [-0.05, 0) is 70.4 Å². The highest BCUT2D eigenvalue weighted by Crippen LogP contribution is 2.35. The second kappa shape index (κ2) is 6.03. The lowest BCUT2D eigenvalue weighted by Crippen LogP contribution is -2.54. The summed E-state index contributed by atoms with van der Waals surface area (Å²) >= 11 is 0. The average molecular weight is 275 g/mol. The van der Waals surface area contributed by atoms with Crippen molar-refractivity contribution in [3.8, 4) is 6.07 Å². The van der Waals surface area contributed by atoms with Crippen LogP contribution in [0.25, 0.3) is 0 Å². The van der Waals surface area contributed by atoms with Crippen molar-refractivity contribution in [3.63, 3.8) is 0 Å². The van der Waals surface area contributed by atoms with E-state index in [1.807, 2.05) is 0 Å². The fraction of sp³-hybridized carbons (Fsp3) is 0.941. The van der Waals surface area contributed by atoms with E-state index in [-0.39, 0.29) is 5.54 Å². The summed E-state index contributed by atoms with van der Waals surface area (Å²) in [6, 6.07) is 3.92. The number of nitrogens with zero attached hydrogens (tertiary/aromatic N) is 2. The third-order valence-electron chi connectivity index (χ3n) is 5.74. The van der Waals surface area contributed by atoms with Crippen molar-refractivity contribution in [2.45, 2.75) is 82.3 Å². The zero-order valence-corrected chi connectivity index (χ0v) is 12.9. The molecule has 20 heavy (non-hydrogen) atoms. The molecule has 2 atom stereocenters. The van der Waals surface area contributed by atoms with Gasteiger partial charge in [0.05, 0.1) is 6.07 Å². The fourth-order valence-corrected chi connectivity index (χ4v) is 4.17. The maximum Gasteiger partial charge on any atom is 0.108 e. The van der Waals surface area contributed by atoms with E-state index in [0.29, 0.717) is 12.1 Å². The quantitative estimate of drug-likeness (QED) is 0.857. The van der Waals surface area contributed by atoms with Gasteiger partial charge < -0.3 is 4.90 Å². The summed E-state index contributed by atoms with van der Waals surface area (Å²) < 4.78 is 0. The van der Waals surface area contributed by atoms with Crippen LogP contribution in [0.5, 0.6) is 0 Å². The molecular formula is C17H29N3. The van der Waals surface area contributed by atoms with Gasteiger partial charge in [0.1, 0.15) is 5.54 Å². The lowest BCUT2D eigenvalue weighted by molar-refractivity contribution is 0.0823. The van der Waals surface area contributed by atoms with Crippen molar-refractivity contribution in [2.24, 2.45) is 5.92 Å². The van der Waals surface area contributed by atoms with Gasteiger partial charge in [-0.1, -0.05) is 13.3 Å². The van der Waals surface area contributed by atoms with E-state index in [9.17, 15) is 5.26 Å². The topological polar surface area (TPSA) is 39.1 Å². The molecule has 3 heteroatoms. The van der Waals surface area contributed by atoms with Crippen LogP contribution < -0.4 is 5.32 Å². The third-order valence-corrected chi connectivity index (χ3v) is 5.74. The molecule has 3 aliphatic rings. The number of likely N-dealkylation sites (tertiary alicyclic amines) is 1. The average Bonchev–Trinajstić information content (AvgIpc) is 3.31. The van der Waals surface area contributed by atoms with Crippen LogP contribution in [0.4, 0.5) is 0 Å². The molecule has 0 aromatic carbocycles. The van der Waals surface area contributed by atoms with Gasteiger partial charge in [0, 0.05) is 12.1 Å². The Morgan fingerprint density at radius 2 is 1.95 bits per heavy atom. The molecule has 1 saturated heterocycles. The summed E-state index contributed by atoms with van der Waals surface area (Å²) in [7, 11) is 0. The van der Waals surface area contributed by atoms with E-state index >= 15 is 0 Å². The molecule has 0 aromatic rings. The van der Waals surface area contributed by atoms with Gasteiger partial charge in [-0.2, -0.15) is 5.26 Å². The first-order chi connectivity index (χ1) is 9.74. The van der Waals surface area contributed by atoms with E-state index < -0.39 is 0 Å². The number of hydrogen-bond donors (Lipinski definition) is 1. The van der Waals surface area contributed by atoms with Crippen LogP contribution in [0.1, 0.15) is 64.7 Å². The molecule has 1 N–H and O–H groups in total. The maximum absolute atomic E-state index is 9.68. The first-order valence-electron chi connectivity index (χ1n) is 8.67. The van der Waals surface area contributed by atoms with Crippen molar-refractivity contribution in [2.75, 3.05) is 13.1 Å². The highest BCUT2D eigenvalue weighted by atomic mass is 15.2. The maximum atomic E-state index is 9.68. The van der Waals surface area contributed by atoms with Gasteiger partial charge >= 0.3 is 0 Å². The predicted molar refractivity (Wildman–Crippen MR) is 81.3 cm³/mol. The lowest BCUT2D eigenvalue weighted by atomic mass is 9.78. The van der Waals surface area contributed by atoms with Crippen molar-refractivity contribution in [1.82, 2.24) is 10.2 Å². The van der Waals surface area contributed by atoms with Crippen molar-refractivity contribution in [3.05, 3.63) is 0 Å². The summed E-state index contributed by atoms with van der Waals surface area (Å²) in [5, 5.41) is 13.3. The molecule has 0 radical (unpaired) electrons. The van der Waals surface area contributed by atoms with E-state index in [0.717, 1.165) is 18.8 Å². The van der Waals surface area contributed by atoms with Crippen LogP contribution in [0.3, 0.4) is 0 Å². The first kappa shape index (κ1) is 14.4. The molecule has 1 aliphatic heterocycles. The summed E-state index contributed by atoms with van der Waals surface area (Å²) in [5.41, 5.74) is -0.217. The number of rotatable bonds is 4. The van der Waals surface area contributed by atoms with E-state index in [1.54, 1.807) is 0 Å². The van der Waals surface area contributed by atoms with Crippen molar-refractivity contribution in [1.29, 1.82) is 5.26 Å². The monoisotopic (exact) mass is 275 g/mol. The first-order valence-corrected chi connectivity index (χ1v) is 8.67.